The quantitative estimate of drug-likeness (QED) is 0.818. The van der Waals surface area contributed by atoms with E-state index in [2.05, 4.69) is 15.9 Å². The van der Waals surface area contributed by atoms with Crippen molar-refractivity contribution in [3.05, 3.63) is 27.7 Å². The molecule has 0 spiro atoms. The Kier molecular flexibility index (Phi) is 7.48. The van der Waals surface area contributed by atoms with Gasteiger partial charge in [0.2, 0.25) is 10.0 Å². The van der Waals surface area contributed by atoms with Gasteiger partial charge in [0.05, 0.1) is 5.02 Å². The predicted molar refractivity (Wildman–Crippen MR) is 89.1 cm³/mol. The molecule has 0 amide bonds. The van der Waals surface area contributed by atoms with Crippen LogP contribution >= 0.6 is 39.9 Å². The van der Waals surface area contributed by atoms with Crippen LogP contribution in [0.5, 0.6) is 0 Å². The molecule has 0 saturated carbocycles. The Morgan fingerprint density at radius 3 is 2.40 bits per heavy atom. The molecule has 0 saturated heterocycles. The number of nitrogens with zero attached hydrogens (tertiary/aromatic N) is 1. The zero-order valence-corrected chi connectivity index (χ0v) is 15.5. The van der Waals surface area contributed by atoms with E-state index in [1.165, 1.54) is 11.4 Å². The summed E-state index contributed by atoms with van der Waals surface area (Å²) in [5, 5.41) is 0.201. The molecule has 0 radical (unpaired) electrons. The molecule has 0 aliphatic carbocycles. The van der Waals surface area contributed by atoms with E-state index >= 15 is 0 Å². The molecule has 0 aliphatic heterocycles. The van der Waals surface area contributed by atoms with Crippen molar-refractivity contribution in [2.24, 2.45) is 11.1 Å². The third-order valence-electron chi connectivity index (χ3n) is 2.79. The number of nitrogens with two attached hydrogens (primary N) is 1. The standard InChI is InChI=1S/C12H18BrClN2O2S.ClH/c1-12(2,7-15)8-16(3)19(17,18)11-9(13)5-4-6-10(11)14;/h4-6H,7-8,15H2,1-3H3;1H. The van der Waals surface area contributed by atoms with Crippen molar-refractivity contribution < 1.29 is 8.42 Å². The smallest absolute Gasteiger partial charge is 0.245 e. The average Bonchev–Trinajstić information content (AvgIpc) is 2.27. The molecule has 8 heteroatoms. The number of rotatable bonds is 5. The minimum absolute atomic E-state index is 0. The highest BCUT2D eigenvalue weighted by Crippen LogP contribution is 2.32. The molecular weight excluding hydrogens is 387 g/mol. The fourth-order valence-corrected chi connectivity index (χ4v) is 4.66. The van der Waals surface area contributed by atoms with Gasteiger partial charge in [-0.1, -0.05) is 31.5 Å². The summed E-state index contributed by atoms with van der Waals surface area (Å²) in [6.07, 6.45) is 0. The van der Waals surface area contributed by atoms with Crippen molar-refractivity contribution in [3.63, 3.8) is 0 Å². The lowest BCUT2D eigenvalue weighted by Crippen LogP contribution is -2.39. The van der Waals surface area contributed by atoms with E-state index in [0.717, 1.165) is 0 Å². The number of hydrogen-bond donors (Lipinski definition) is 1. The van der Waals surface area contributed by atoms with Gasteiger partial charge in [-0.2, -0.15) is 0 Å². The van der Waals surface area contributed by atoms with Crippen LogP contribution in [0.1, 0.15) is 13.8 Å². The van der Waals surface area contributed by atoms with Crippen molar-refractivity contribution in [2.75, 3.05) is 20.1 Å². The van der Waals surface area contributed by atoms with Crippen LogP contribution in [-0.4, -0.2) is 32.9 Å². The lowest BCUT2D eigenvalue weighted by Gasteiger charge is -2.28. The average molecular weight is 406 g/mol. The van der Waals surface area contributed by atoms with E-state index in [4.69, 9.17) is 17.3 Å². The maximum Gasteiger partial charge on any atom is 0.245 e. The number of halogens is 3. The van der Waals surface area contributed by atoms with Gasteiger partial charge < -0.3 is 5.73 Å². The highest BCUT2D eigenvalue weighted by Gasteiger charge is 2.30. The van der Waals surface area contributed by atoms with Crippen LogP contribution in [0.25, 0.3) is 0 Å². The molecule has 0 heterocycles. The molecule has 0 unspecified atom stereocenters. The molecule has 1 aromatic carbocycles. The zero-order valence-electron chi connectivity index (χ0n) is 11.6. The first-order valence-electron chi connectivity index (χ1n) is 5.72. The van der Waals surface area contributed by atoms with E-state index < -0.39 is 10.0 Å². The second-order valence-corrected chi connectivity index (χ2v) is 8.42. The van der Waals surface area contributed by atoms with E-state index in [1.807, 2.05) is 13.8 Å². The van der Waals surface area contributed by atoms with Crippen LogP contribution in [0.15, 0.2) is 27.6 Å². The minimum Gasteiger partial charge on any atom is -0.330 e. The summed E-state index contributed by atoms with van der Waals surface area (Å²) in [4.78, 5) is 0.0898. The maximum atomic E-state index is 12.5. The largest absolute Gasteiger partial charge is 0.330 e. The molecule has 0 atom stereocenters. The number of benzene rings is 1. The number of hydrogen-bond acceptors (Lipinski definition) is 3. The monoisotopic (exact) mass is 404 g/mol. The van der Waals surface area contributed by atoms with Crippen LogP contribution in [0.4, 0.5) is 0 Å². The molecule has 20 heavy (non-hydrogen) atoms. The molecule has 0 aliphatic rings. The van der Waals surface area contributed by atoms with Crippen molar-refractivity contribution in [2.45, 2.75) is 18.7 Å². The highest BCUT2D eigenvalue weighted by molar-refractivity contribution is 9.10. The molecule has 1 aromatic rings. The fourth-order valence-electron chi connectivity index (χ4n) is 1.64. The molecule has 0 fully saturated rings. The van der Waals surface area contributed by atoms with Crippen molar-refractivity contribution >= 4 is 50.0 Å². The first kappa shape index (κ1) is 20.1. The zero-order chi connectivity index (χ0) is 14.8. The van der Waals surface area contributed by atoms with Gasteiger partial charge in [-0.15, -0.1) is 12.4 Å². The molecule has 4 nitrogen and oxygen atoms in total. The van der Waals surface area contributed by atoms with Crippen LogP contribution in [-0.2, 0) is 10.0 Å². The van der Waals surface area contributed by atoms with Gasteiger partial charge in [-0.05, 0) is 40.0 Å². The Morgan fingerprint density at radius 2 is 1.95 bits per heavy atom. The highest BCUT2D eigenvalue weighted by atomic mass is 79.9. The Balaban J connectivity index is 0.00000361. The third kappa shape index (κ3) is 4.58. The van der Waals surface area contributed by atoms with Crippen molar-refractivity contribution in [1.82, 2.24) is 4.31 Å². The topological polar surface area (TPSA) is 63.4 Å². The lowest BCUT2D eigenvalue weighted by atomic mass is 9.94. The van der Waals surface area contributed by atoms with E-state index in [-0.39, 0.29) is 27.7 Å². The first-order valence-corrected chi connectivity index (χ1v) is 8.33. The Labute approximate surface area is 140 Å². The Hall–Kier alpha value is 0.150. The van der Waals surface area contributed by atoms with E-state index in [9.17, 15) is 8.42 Å². The van der Waals surface area contributed by atoms with Crippen LogP contribution < -0.4 is 5.73 Å². The van der Waals surface area contributed by atoms with Gasteiger partial charge in [0, 0.05) is 18.1 Å². The fraction of sp³-hybridized carbons (Fsp3) is 0.500. The van der Waals surface area contributed by atoms with Gasteiger partial charge in [-0.3, -0.25) is 0 Å². The second kappa shape index (κ2) is 7.42. The Bertz CT molecular complexity index is 544. The molecule has 116 valence electrons. The molecule has 0 aromatic heterocycles. The van der Waals surface area contributed by atoms with Gasteiger partial charge >= 0.3 is 0 Å². The van der Waals surface area contributed by atoms with Crippen molar-refractivity contribution in [3.8, 4) is 0 Å². The summed E-state index contributed by atoms with van der Waals surface area (Å²) in [5.41, 5.74) is 5.34. The normalized spacial score (nSPS) is 12.3. The van der Waals surface area contributed by atoms with Gasteiger partial charge in [0.1, 0.15) is 4.90 Å². The summed E-state index contributed by atoms with van der Waals surface area (Å²) in [5.74, 6) is 0. The summed E-state index contributed by atoms with van der Waals surface area (Å²) in [6.45, 7) is 4.56. The summed E-state index contributed by atoms with van der Waals surface area (Å²) in [6, 6.07) is 4.90. The molecule has 1 rings (SSSR count). The SMILES string of the molecule is CN(CC(C)(C)CN)S(=O)(=O)c1c(Cl)cccc1Br.Cl. The first-order chi connectivity index (χ1) is 8.62. The van der Waals surface area contributed by atoms with Crippen LogP contribution in [0.3, 0.4) is 0 Å². The van der Waals surface area contributed by atoms with Crippen LogP contribution in [0.2, 0.25) is 5.02 Å². The molecule has 2 N–H and O–H groups in total. The van der Waals surface area contributed by atoms with Gasteiger partial charge in [0.25, 0.3) is 0 Å². The van der Waals surface area contributed by atoms with E-state index in [0.29, 0.717) is 17.6 Å². The molecule has 0 bridgehead atoms. The molecular formula is C12H19BrCl2N2O2S. The lowest BCUT2D eigenvalue weighted by molar-refractivity contribution is 0.292. The minimum atomic E-state index is -3.64. The van der Waals surface area contributed by atoms with E-state index in [1.54, 1.807) is 18.2 Å². The third-order valence-corrected chi connectivity index (χ3v) is 6.05. The summed E-state index contributed by atoms with van der Waals surface area (Å²) < 4.78 is 26.8. The van der Waals surface area contributed by atoms with Crippen molar-refractivity contribution in [1.29, 1.82) is 0 Å². The second-order valence-electron chi connectivity index (χ2n) is 5.18. The summed E-state index contributed by atoms with van der Waals surface area (Å²) >= 11 is 9.24. The predicted octanol–water partition coefficient (Wildman–Crippen LogP) is 3.13. The van der Waals surface area contributed by atoms with Crippen LogP contribution in [0, 0.1) is 5.41 Å². The van der Waals surface area contributed by atoms with Gasteiger partial charge in [-0.25, -0.2) is 12.7 Å². The Morgan fingerprint density at radius 1 is 1.40 bits per heavy atom. The van der Waals surface area contributed by atoms with Gasteiger partial charge in [0.15, 0.2) is 0 Å². The maximum absolute atomic E-state index is 12.5. The summed E-state index contributed by atoms with van der Waals surface area (Å²) in [7, 11) is -2.11. The number of sulfonamides is 1.